The fraction of sp³-hybridized carbons (Fsp3) is 0.375. The maximum absolute atomic E-state index is 12.2. The van der Waals surface area contributed by atoms with Crippen LogP contribution in [0.5, 0.6) is 0 Å². The summed E-state index contributed by atoms with van der Waals surface area (Å²) in [4.78, 5) is 28.8. The predicted octanol–water partition coefficient (Wildman–Crippen LogP) is 2.20. The van der Waals surface area contributed by atoms with Crippen molar-refractivity contribution in [3.63, 3.8) is 0 Å². The summed E-state index contributed by atoms with van der Waals surface area (Å²) < 4.78 is 0. The van der Waals surface area contributed by atoms with E-state index < -0.39 is 0 Å². The number of rotatable bonds is 5. The molecule has 2 aromatic rings. The Morgan fingerprint density at radius 1 is 1.29 bits per heavy atom. The molecule has 0 saturated carbocycles. The molecule has 0 aliphatic rings. The Labute approximate surface area is 124 Å². The van der Waals surface area contributed by atoms with Crippen molar-refractivity contribution < 1.29 is 4.79 Å². The number of amides is 1. The quantitative estimate of drug-likeness (QED) is 0.886. The number of nitrogens with zero attached hydrogens (tertiary/aromatic N) is 1. The van der Waals surface area contributed by atoms with Crippen molar-refractivity contribution in [2.75, 3.05) is 18.4 Å². The molecule has 112 valence electrons. The van der Waals surface area contributed by atoms with Gasteiger partial charge in [-0.15, -0.1) is 0 Å². The van der Waals surface area contributed by atoms with Gasteiger partial charge in [0.15, 0.2) is 0 Å². The summed E-state index contributed by atoms with van der Waals surface area (Å²) in [5.74, 6) is 0.584. The van der Waals surface area contributed by atoms with Gasteiger partial charge < -0.3 is 15.2 Å². The van der Waals surface area contributed by atoms with E-state index in [9.17, 15) is 9.59 Å². The van der Waals surface area contributed by atoms with Crippen LogP contribution in [0.2, 0.25) is 0 Å². The number of carbonyl (C=O) groups is 1. The number of H-pyrrole nitrogens is 1. The molecule has 0 aliphatic heterocycles. The van der Waals surface area contributed by atoms with Crippen molar-refractivity contribution in [3.8, 4) is 0 Å². The fourth-order valence-electron chi connectivity index (χ4n) is 2.39. The number of aromatic nitrogens is 1. The van der Waals surface area contributed by atoms with Gasteiger partial charge in [-0.2, -0.15) is 0 Å². The highest BCUT2D eigenvalue weighted by Gasteiger charge is 2.18. The zero-order valence-electron chi connectivity index (χ0n) is 12.6. The van der Waals surface area contributed by atoms with Gasteiger partial charge in [0, 0.05) is 18.5 Å². The number of likely N-dealkylation sites (N-methyl/N-ethyl adjacent to an activating group) is 1. The monoisotopic (exact) mass is 287 g/mol. The number of anilines is 1. The molecule has 1 aromatic heterocycles. The summed E-state index contributed by atoms with van der Waals surface area (Å²) in [6, 6.07) is 8.84. The van der Waals surface area contributed by atoms with E-state index in [-0.39, 0.29) is 17.5 Å². The normalized spacial score (nSPS) is 12.1. The molecule has 1 atom stereocenters. The average Bonchev–Trinajstić information content (AvgIpc) is 2.48. The van der Waals surface area contributed by atoms with Gasteiger partial charge in [-0.1, -0.05) is 18.2 Å². The number of hydrogen-bond acceptors (Lipinski definition) is 3. The molecule has 0 saturated heterocycles. The Morgan fingerprint density at radius 3 is 2.62 bits per heavy atom. The summed E-state index contributed by atoms with van der Waals surface area (Å²) in [7, 11) is 0. The minimum atomic E-state index is -0.387. The van der Waals surface area contributed by atoms with Crippen molar-refractivity contribution in [2.24, 2.45) is 0 Å². The first kappa shape index (κ1) is 15.1. The van der Waals surface area contributed by atoms with Crippen LogP contribution in [0, 0.1) is 0 Å². The van der Waals surface area contributed by atoms with E-state index in [0.717, 1.165) is 5.39 Å². The number of pyridine rings is 1. The maximum atomic E-state index is 12.2. The minimum Gasteiger partial charge on any atom is -0.360 e. The maximum Gasteiger partial charge on any atom is 0.257 e. The molecule has 0 spiro atoms. The molecule has 1 aromatic carbocycles. The molecule has 1 heterocycles. The second-order valence-corrected chi connectivity index (χ2v) is 4.98. The Hall–Kier alpha value is -2.30. The second kappa shape index (κ2) is 6.43. The average molecular weight is 287 g/mol. The van der Waals surface area contributed by atoms with Crippen LogP contribution in [0.25, 0.3) is 10.8 Å². The van der Waals surface area contributed by atoms with Crippen molar-refractivity contribution in [2.45, 2.75) is 26.8 Å². The van der Waals surface area contributed by atoms with Gasteiger partial charge >= 0.3 is 0 Å². The molecule has 21 heavy (non-hydrogen) atoms. The van der Waals surface area contributed by atoms with Crippen molar-refractivity contribution in [1.82, 2.24) is 9.88 Å². The van der Waals surface area contributed by atoms with E-state index in [0.29, 0.717) is 24.3 Å². The molecule has 0 bridgehead atoms. The summed E-state index contributed by atoms with van der Waals surface area (Å²) in [5.41, 5.74) is -0.155. The largest absolute Gasteiger partial charge is 0.360 e. The molecular formula is C16H21N3O2. The van der Waals surface area contributed by atoms with Gasteiger partial charge in [0.2, 0.25) is 5.91 Å². The van der Waals surface area contributed by atoms with E-state index in [1.165, 1.54) is 0 Å². The Bertz CT molecular complexity index is 689. The molecule has 5 heteroatoms. The van der Waals surface area contributed by atoms with Gasteiger partial charge in [-0.3, -0.25) is 9.59 Å². The lowest BCUT2D eigenvalue weighted by Gasteiger charge is -2.24. The van der Waals surface area contributed by atoms with E-state index in [1.54, 1.807) is 17.9 Å². The zero-order chi connectivity index (χ0) is 15.4. The first-order valence-electron chi connectivity index (χ1n) is 7.24. The third kappa shape index (κ3) is 3.24. The van der Waals surface area contributed by atoms with Crippen LogP contribution < -0.4 is 10.9 Å². The lowest BCUT2D eigenvalue weighted by molar-refractivity contribution is -0.131. The molecule has 0 aliphatic carbocycles. The first-order chi connectivity index (χ1) is 10.1. The molecule has 1 amide bonds. The SMILES string of the molecule is CCN(CC)C(=O)C(C)Nc1cc2ccccc2c(=O)[nH]1. The summed E-state index contributed by atoms with van der Waals surface area (Å²) in [6.45, 7) is 7.05. The number of carbonyl (C=O) groups excluding carboxylic acids is 1. The highest BCUT2D eigenvalue weighted by Crippen LogP contribution is 2.13. The number of hydrogen-bond donors (Lipinski definition) is 2. The van der Waals surface area contributed by atoms with Crippen LogP contribution in [-0.2, 0) is 4.79 Å². The Morgan fingerprint density at radius 2 is 1.95 bits per heavy atom. The molecule has 0 fully saturated rings. The highest BCUT2D eigenvalue weighted by atomic mass is 16.2. The molecular weight excluding hydrogens is 266 g/mol. The van der Waals surface area contributed by atoms with Crippen molar-refractivity contribution >= 4 is 22.5 Å². The highest BCUT2D eigenvalue weighted by molar-refractivity contribution is 5.86. The van der Waals surface area contributed by atoms with Gasteiger partial charge in [-0.05, 0) is 38.3 Å². The van der Waals surface area contributed by atoms with Gasteiger partial charge in [0.25, 0.3) is 5.56 Å². The fourth-order valence-corrected chi connectivity index (χ4v) is 2.39. The zero-order valence-corrected chi connectivity index (χ0v) is 12.6. The number of aromatic amines is 1. The summed E-state index contributed by atoms with van der Waals surface area (Å²) in [5, 5.41) is 4.57. The van der Waals surface area contributed by atoms with E-state index in [4.69, 9.17) is 0 Å². The second-order valence-electron chi connectivity index (χ2n) is 4.98. The van der Waals surface area contributed by atoms with Crippen LogP contribution in [0.4, 0.5) is 5.82 Å². The Balaban J connectivity index is 2.23. The number of benzene rings is 1. The topological polar surface area (TPSA) is 65.2 Å². The van der Waals surface area contributed by atoms with E-state index in [1.807, 2.05) is 38.1 Å². The van der Waals surface area contributed by atoms with E-state index >= 15 is 0 Å². The summed E-state index contributed by atoms with van der Waals surface area (Å²) in [6.07, 6.45) is 0. The van der Waals surface area contributed by atoms with Gasteiger partial charge in [0.1, 0.15) is 11.9 Å². The minimum absolute atomic E-state index is 0.0222. The molecule has 2 rings (SSSR count). The lowest BCUT2D eigenvalue weighted by atomic mass is 10.1. The van der Waals surface area contributed by atoms with E-state index in [2.05, 4.69) is 10.3 Å². The number of nitrogens with one attached hydrogen (secondary N) is 2. The lowest BCUT2D eigenvalue weighted by Crippen LogP contribution is -2.41. The Kier molecular flexibility index (Phi) is 4.62. The summed E-state index contributed by atoms with van der Waals surface area (Å²) >= 11 is 0. The molecule has 2 N–H and O–H groups in total. The van der Waals surface area contributed by atoms with Gasteiger partial charge in [-0.25, -0.2) is 0 Å². The van der Waals surface area contributed by atoms with Crippen LogP contribution >= 0.6 is 0 Å². The number of fused-ring (bicyclic) bond motifs is 1. The molecule has 0 radical (unpaired) electrons. The first-order valence-corrected chi connectivity index (χ1v) is 7.24. The third-order valence-electron chi connectivity index (χ3n) is 3.57. The van der Waals surface area contributed by atoms with Crippen LogP contribution in [0.1, 0.15) is 20.8 Å². The standard InChI is InChI=1S/C16H21N3O2/c1-4-19(5-2)16(21)11(3)17-14-10-12-8-6-7-9-13(12)15(20)18-14/h6-11H,4-5H2,1-3H3,(H2,17,18,20). The van der Waals surface area contributed by atoms with Crippen LogP contribution in [-0.4, -0.2) is 34.9 Å². The van der Waals surface area contributed by atoms with Crippen LogP contribution in [0.3, 0.4) is 0 Å². The van der Waals surface area contributed by atoms with Crippen LogP contribution in [0.15, 0.2) is 35.1 Å². The molecule has 1 unspecified atom stereocenters. The van der Waals surface area contributed by atoms with Crippen molar-refractivity contribution in [1.29, 1.82) is 0 Å². The third-order valence-corrected chi connectivity index (χ3v) is 3.57. The predicted molar refractivity (Wildman–Crippen MR) is 85.6 cm³/mol. The smallest absolute Gasteiger partial charge is 0.257 e. The molecule has 5 nitrogen and oxygen atoms in total. The van der Waals surface area contributed by atoms with Gasteiger partial charge in [0.05, 0.1) is 0 Å². The van der Waals surface area contributed by atoms with Crippen molar-refractivity contribution in [3.05, 3.63) is 40.7 Å².